The van der Waals surface area contributed by atoms with E-state index in [1.807, 2.05) is 0 Å². The summed E-state index contributed by atoms with van der Waals surface area (Å²) in [4.78, 5) is 11.8. The van der Waals surface area contributed by atoms with Gasteiger partial charge < -0.3 is 10.2 Å². The van der Waals surface area contributed by atoms with E-state index < -0.39 is 0 Å². The quantitative estimate of drug-likeness (QED) is 0.435. The van der Waals surface area contributed by atoms with Gasteiger partial charge in [0.05, 0.1) is 18.1 Å². The normalized spacial score (nSPS) is 20.2. The molecular formula is C20H24IN6P. The van der Waals surface area contributed by atoms with Crippen LogP contribution in [0.5, 0.6) is 0 Å². The molecule has 5 rings (SSSR count). The fourth-order valence-electron chi connectivity index (χ4n) is 4.76. The summed E-state index contributed by atoms with van der Waals surface area (Å²) < 4.78 is 2.11. The number of anilines is 1. The maximum Gasteiger partial charge on any atom is 0.135 e. The van der Waals surface area contributed by atoms with Crippen molar-refractivity contribution in [1.82, 2.24) is 24.8 Å². The molecule has 0 spiro atoms. The molecule has 1 fully saturated rings. The molecule has 0 saturated carbocycles. The molecule has 1 N–H and O–H groups in total. The van der Waals surface area contributed by atoms with Gasteiger partial charge in [0.25, 0.3) is 0 Å². The average molecular weight is 506 g/mol. The first-order valence-corrected chi connectivity index (χ1v) is 13.9. The van der Waals surface area contributed by atoms with Gasteiger partial charge in [-0.05, 0) is 71.3 Å². The first kappa shape index (κ1) is 18.7. The smallest absolute Gasteiger partial charge is 0.135 e. The summed E-state index contributed by atoms with van der Waals surface area (Å²) in [5.41, 5.74) is 6.69. The van der Waals surface area contributed by atoms with Crippen molar-refractivity contribution in [3.63, 3.8) is 0 Å². The Labute approximate surface area is 179 Å². The van der Waals surface area contributed by atoms with E-state index in [0.717, 1.165) is 45.4 Å². The monoisotopic (exact) mass is 506 g/mol. The molecule has 6 nitrogen and oxygen atoms in total. The zero-order chi connectivity index (χ0) is 19.1. The summed E-state index contributed by atoms with van der Waals surface area (Å²) in [7, 11) is 0. The third kappa shape index (κ3) is 3.21. The maximum atomic E-state index is 4.71. The molecule has 1 aliphatic heterocycles. The minimum absolute atomic E-state index is 0.497. The molecule has 0 radical (unpaired) electrons. The van der Waals surface area contributed by atoms with E-state index in [0.29, 0.717) is 12.3 Å². The van der Waals surface area contributed by atoms with Crippen LogP contribution in [0.3, 0.4) is 0 Å². The van der Waals surface area contributed by atoms with Gasteiger partial charge in [-0.2, -0.15) is 5.10 Å². The van der Waals surface area contributed by atoms with Crippen molar-refractivity contribution in [3.05, 3.63) is 47.0 Å². The number of aromatic nitrogens is 4. The van der Waals surface area contributed by atoms with E-state index in [4.69, 9.17) is 4.98 Å². The summed E-state index contributed by atoms with van der Waals surface area (Å²) in [6.07, 6.45) is 7.65. The molecule has 1 saturated heterocycles. The molecule has 3 heterocycles. The highest BCUT2D eigenvalue weighted by atomic mass is 127. The van der Waals surface area contributed by atoms with Gasteiger partial charge >= 0.3 is 0 Å². The average Bonchev–Trinajstić information content (AvgIpc) is 3.16. The number of hydrogen-bond acceptors (Lipinski definition) is 5. The van der Waals surface area contributed by atoms with Crippen LogP contribution in [0.1, 0.15) is 34.7 Å². The topological polar surface area (TPSA) is 58.9 Å². The van der Waals surface area contributed by atoms with Crippen LogP contribution in [0.4, 0.5) is 5.82 Å². The van der Waals surface area contributed by atoms with E-state index in [2.05, 4.69) is 72.0 Å². The lowest BCUT2D eigenvalue weighted by Crippen LogP contribution is -2.44. The fourth-order valence-corrected chi connectivity index (χ4v) is 6.30. The third-order valence-electron chi connectivity index (χ3n) is 6.11. The van der Waals surface area contributed by atoms with Crippen molar-refractivity contribution in [2.75, 3.05) is 31.1 Å². The van der Waals surface area contributed by atoms with Crippen LogP contribution in [0.15, 0.2) is 24.7 Å². The molecule has 1 aromatic carbocycles. The molecule has 2 aliphatic rings. The Hall–Kier alpha value is -1.31. The zero-order valence-corrected chi connectivity index (χ0v) is 19.1. The van der Waals surface area contributed by atoms with Crippen molar-refractivity contribution < 1.29 is 0 Å². The Balaban J connectivity index is 1.51. The Morgan fingerprint density at radius 1 is 1.21 bits per heavy atom. The molecule has 2 atom stereocenters. The third-order valence-corrected chi connectivity index (χ3v) is 8.00. The number of benzene rings is 1. The Kier molecular flexibility index (Phi) is 5.24. The minimum atomic E-state index is 0.497. The van der Waals surface area contributed by atoms with E-state index in [1.54, 1.807) is 6.33 Å². The Morgan fingerprint density at radius 2 is 2.07 bits per heavy atom. The number of piperazine rings is 1. The van der Waals surface area contributed by atoms with Gasteiger partial charge in [-0.1, -0.05) is 6.07 Å². The minimum Gasteiger partial charge on any atom is -0.354 e. The summed E-state index contributed by atoms with van der Waals surface area (Å²) in [6.45, 7) is 6.36. The summed E-state index contributed by atoms with van der Waals surface area (Å²) in [6, 6.07) is 4.47. The van der Waals surface area contributed by atoms with Crippen LogP contribution in [0.25, 0.3) is 10.9 Å². The highest BCUT2D eigenvalue weighted by Gasteiger charge is 2.28. The highest BCUT2D eigenvalue weighted by molar-refractivity contribution is 14.2. The van der Waals surface area contributed by atoms with Gasteiger partial charge in [-0.3, -0.25) is 0 Å². The second-order valence-electron chi connectivity index (χ2n) is 7.67. The predicted octanol–water partition coefficient (Wildman–Crippen LogP) is 3.61. The maximum absolute atomic E-state index is 4.71. The van der Waals surface area contributed by atoms with Crippen LogP contribution in [-0.4, -0.2) is 45.7 Å². The van der Waals surface area contributed by atoms with Crippen LogP contribution in [0.2, 0.25) is 0 Å². The lowest BCUT2D eigenvalue weighted by Gasteiger charge is -2.33. The number of aryl methyl sites for hydroxylation is 1. The van der Waals surface area contributed by atoms with Crippen LogP contribution in [-0.2, 0) is 12.8 Å². The standard InChI is InChI=1S/C20H24IN6P/c1-13-2-5-18-16(11-25-27(18)28-21)19(13)14-3-4-15-17(10-14)23-12-24-20(15)26-8-6-22-7-9-26/h2,5,11-12,14,22,28H,3-4,6-10H2,1H3. The molecule has 2 aromatic heterocycles. The van der Waals surface area contributed by atoms with Crippen LogP contribution in [0, 0.1) is 6.92 Å². The number of halogens is 1. The van der Waals surface area contributed by atoms with Gasteiger partial charge in [0.1, 0.15) is 12.1 Å². The van der Waals surface area contributed by atoms with E-state index in [1.165, 1.54) is 39.1 Å². The fraction of sp³-hybridized carbons (Fsp3) is 0.450. The molecule has 28 heavy (non-hydrogen) atoms. The molecule has 146 valence electrons. The summed E-state index contributed by atoms with van der Waals surface area (Å²) >= 11 is 2.40. The van der Waals surface area contributed by atoms with Crippen molar-refractivity contribution in [2.45, 2.75) is 32.1 Å². The summed E-state index contributed by atoms with van der Waals surface area (Å²) in [5.74, 6) is 1.66. The molecule has 3 aromatic rings. The van der Waals surface area contributed by atoms with Crippen molar-refractivity contribution in [3.8, 4) is 0 Å². The molecule has 1 aliphatic carbocycles. The molecule has 8 heteroatoms. The number of hydrogen-bond donors (Lipinski definition) is 1. The second kappa shape index (κ2) is 7.84. The second-order valence-corrected chi connectivity index (χ2v) is 9.71. The largest absolute Gasteiger partial charge is 0.354 e. The molecule has 0 bridgehead atoms. The SMILES string of the molecule is Cc1ccc2c(cnn2PI)c1C1CCc2c(ncnc2N2CCNCC2)C1. The number of rotatable bonds is 3. The van der Waals surface area contributed by atoms with Crippen molar-refractivity contribution in [1.29, 1.82) is 0 Å². The van der Waals surface area contributed by atoms with E-state index in [-0.39, 0.29) is 0 Å². The van der Waals surface area contributed by atoms with Gasteiger partial charge in [0.15, 0.2) is 0 Å². The van der Waals surface area contributed by atoms with Gasteiger partial charge in [0.2, 0.25) is 0 Å². The Morgan fingerprint density at radius 3 is 2.89 bits per heavy atom. The number of nitrogens with zero attached hydrogens (tertiary/aromatic N) is 5. The molecule has 2 unspecified atom stereocenters. The van der Waals surface area contributed by atoms with Gasteiger partial charge in [0, 0.05) is 42.8 Å². The molecule has 0 amide bonds. The van der Waals surface area contributed by atoms with E-state index >= 15 is 0 Å². The highest BCUT2D eigenvalue weighted by Crippen LogP contribution is 2.40. The van der Waals surface area contributed by atoms with Crippen molar-refractivity contribution >= 4 is 45.1 Å². The van der Waals surface area contributed by atoms with E-state index in [9.17, 15) is 0 Å². The number of nitrogens with one attached hydrogen (secondary N) is 1. The van der Waals surface area contributed by atoms with Crippen LogP contribution < -0.4 is 10.2 Å². The first-order chi connectivity index (χ1) is 13.8. The first-order valence-electron chi connectivity index (χ1n) is 9.88. The number of fused-ring (bicyclic) bond motifs is 2. The molecular weight excluding hydrogens is 482 g/mol. The van der Waals surface area contributed by atoms with Gasteiger partial charge in [-0.15, -0.1) is 0 Å². The van der Waals surface area contributed by atoms with Gasteiger partial charge in [-0.25, -0.2) is 14.4 Å². The Bertz CT molecular complexity index is 1010. The predicted molar refractivity (Wildman–Crippen MR) is 124 cm³/mol. The summed E-state index contributed by atoms with van der Waals surface area (Å²) in [5, 5.41) is 9.36. The van der Waals surface area contributed by atoms with Crippen molar-refractivity contribution in [2.24, 2.45) is 0 Å². The lowest BCUT2D eigenvalue weighted by atomic mass is 9.79. The zero-order valence-electron chi connectivity index (χ0n) is 16.0. The lowest BCUT2D eigenvalue weighted by molar-refractivity contribution is 0.554. The van der Waals surface area contributed by atoms with Crippen LogP contribution >= 0.6 is 28.4 Å².